The highest BCUT2D eigenvalue weighted by Gasteiger charge is 2.16. The number of benzene rings is 1. The van der Waals surface area contributed by atoms with Crippen molar-refractivity contribution in [1.29, 1.82) is 0 Å². The molecule has 0 radical (unpaired) electrons. The van der Waals surface area contributed by atoms with E-state index in [-0.39, 0.29) is 6.04 Å². The molecule has 1 atom stereocenters. The Hall–Kier alpha value is -1.55. The van der Waals surface area contributed by atoms with Gasteiger partial charge in [-0.15, -0.1) is 0 Å². The standard InChI is InChI=1S/C17H27N3O/c1-5-14(18)17-19-15-11-13(21-6-2)7-8-16(15)20(17)10-9-12(3)4/h7-8,11-12,14H,5-6,9-10,18H2,1-4H3. The molecule has 4 nitrogen and oxygen atoms in total. The van der Waals surface area contributed by atoms with Crippen molar-refractivity contribution in [1.82, 2.24) is 9.55 Å². The van der Waals surface area contributed by atoms with Crippen LogP contribution in [0.15, 0.2) is 18.2 Å². The molecule has 2 rings (SSSR count). The van der Waals surface area contributed by atoms with E-state index in [1.165, 1.54) is 0 Å². The molecule has 0 fully saturated rings. The van der Waals surface area contributed by atoms with Crippen molar-refractivity contribution in [3.05, 3.63) is 24.0 Å². The van der Waals surface area contributed by atoms with Crippen LogP contribution in [0.25, 0.3) is 11.0 Å². The number of aryl methyl sites for hydroxylation is 1. The first-order valence-corrected chi connectivity index (χ1v) is 7.95. The van der Waals surface area contributed by atoms with Crippen LogP contribution in [0, 0.1) is 5.92 Å². The van der Waals surface area contributed by atoms with Crippen LogP contribution in [0.5, 0.6) is 5.75 Å². The lowest BCUT2D eigenvalue weighted by atomic mass is 10.1. The Morgan fingerprint density at radius 1 is 1.29 bits per heavy atom. The molecule has 0 saturated carbocycles. The maximum atomic E-state index is 6.25. The second kappa shape index (κ2) is 6.94. The first kappa shape index (κ1) is 15.8. The van der Waals surface area contributed by atoms with Gasteiger partial charge in [0.2, 0.25) is 0 Å². The molecule has 0 amide bonds. The molecule has 21 heavy (non-hydrogen) atoms. The van der Waals surface area contributed by atoms with Gasteiger partial charge in [-0.05, 0) is 37.8 Å². The summed E-state index contributed by atoms with van der Waals surface area (Å²) < 4.78 is 7.84. The lowest BCUT2D eigenvalue weighted by Crippen LogP contribution is -2.16. The van der Waals surface area contributed by atoms with Gasteiger partial charge in [0.15, 0.2) is 0 Å². The van der Waals surface area contributed by atoms with Crippen LogP contribution in [0.3, 0.4) is 0 Å². The van der Waals surface area contributed by atoms with Crippen LogP contribution in [0.1, 0.15) is 52.4 Å². The van der Waals surface area contributed by atoms with Crippen molar-refractivity contribution >= 4 is 11.0 Å². The summed E-state index contributed by atoms with van der Waals surface area (Å²) in [5.41, 5.74) is 8.37. The van der Waals surface area contributed by atoms with E-state index in [1.807, 2.05) is 19.1 Å². The number of aromatic nitrogens is 2. The maximum absolute atomic E-state index is 6.25. The van der Waals surface area contributed by atoms with Crippen molar-refractivity contribution in [3.8, 4) is 5.75 Å². The Balaban J connectivity index is 2.44. The fourth-order valence-corrected chi connectivity index (χ4v) is 2.47. The summed E-state index contributed by atoms with van der Waals surface area (Å²) in [5, 5.41) is 0. The third kappa shape index (κ3) is 3.56. The van der Waals surface area contributed by atoms with Crippen LogP contribution < -0.4 is 10.5 Å². The van der Waals surface area contributed by atoms with E-state index >= 15 is 0 Å². The van der Waals surface area contributed by atoms with Gasteiger partial charge in [-0.3, -0.25) is 0 Å². The predicted molar refractivity (Wildman–Crippen MR) is 87.6 cm³/mol. The van der Waals surface area contributed by atoms with Crippen molar-refractivity contribution in [2.45, 2.75) is 53.1 Å². The van der Waals surface area contributed by atoms with Gasteiger partial charge in [-0.1, -0.05) is 20.8 Å². The largest absolute Gasteiger partial charge is 0.494 e. The topological polar surface area (TPSA) is 53.1 Å². The Kier molecular flexibility index (Phi) is 5.23. The van der Waals surface area contributed by atoms with Crippen LogP contribution in [0.4, 0.5) is 0 Å². The molecule has 4 heteroatoms. The predicted octanol–water partition coefficient (Wildman–Crippen LogP) is 3.89. The van der Waals surface area contributed by atoms with E-state index in [4.69, 9.17) is 15.5 Å². The van der Waals surface area contributed by atoms with Gasteiger partial charge in [0, 0.05) is 12.6 Å². The highest BCUT2D eigenvalue weighted by Crippen LogP contribution is 2.26. The van der Waals surface area contributed by atoms with E-state index in [9.17, 15) is 0 Å². The molecule has 1 aromatic heterocycles. The highest BCUT2D eigenvalue weighted by atomic mass is 16.5. The van der Waals surface area contributed by atoms with Crippen molar-refractivity contribution in [2.75, 3.05) is 6.61 Å². The first-order valence-electron chi connectivity index (χ1n) is 7.95. The fraction of sp³-hybridized carbons (Fsp3) is 0.588. The molecule has 0 aliphatic rings. The number of hydrogen-bond acceptors (Lipinski definition) is 3. The monoisotopic (exact) mass is 289 g/mol. The molecule has 0 spiro atoms. The molecule has 0 saturated heterocycles. The average Bonchev–Trinajstić information content (AvgIpc) is 2.82. The second-order valence-corrected chi connectivity index (χ2v) is 5.90. The van der Waals surface area contributed by atoms with Crippen LogP contribution in [0.2, 0.25) is 0 Å². The Morgan fingerprint density at radius 3 is 2.67 bits per heavy atom. The minimum atomic E-state index is -0.0138. The van der Waals surface area contributed by atoms with Gasteiger partial charge in [0.25, 0.3) is 0 Å². The summed E-state index contributed by atoms with van der Waals surface area (Å²) in [6.07, 6.45) is 2.02. The highest BCUT2D eigenvalue weighted by molar-refractivity contribution is 5.78. The quantitative estimate of drug-likeness (QED) is 0.841. The summed E-state index contributed by atoms with van der Waals surface area (Å²) in [5.74, 6) is 2.52. The van der Waals surface area contributed by atoms with E-state index in [0.717, 1.165) is 42.0 Å². The number of nitrogens with two attached hydrogens (primary N) is 1. The third-order valence-electron chi connectivity index (χ3n) is 3.76. The lowest BCUT2D eigenvalue weighted by Gasteiger charge is -2.14. The molecule has 0 aliphatic heterocycles. The third-order valence-corrected chi connectivity index (χ3v) is 3.76. The molecular weight excluding hydrogens is 262 g/mol. The van der Waals surface area contributed by atoms with Crippen LogP contribution in [-0.4, -0.2) is 16.2 Å². The Morgan fingerprint density at radius 2 is 2.05 bits per heavy atom. The fourth-order valence-electron chi connectivity index (χ4n) is 2.47. The summed E-state index contributed by atoms with van der Waals surface area (Å²) in [4.78, 5) is 4.76. The van der Waals surface area contributed by atoms with Crippen LogP contribution >= 0.6 is 0 Å². The van der Waals surface area contributed by atoms with Gasteiger partial charge in [-0.2, -0.15) is 0 Å². The number of hydrogen-bond donors (Lipinski definition) is 1. The van der Waals surface area contributed by atoms with E-state index in [0.29, 0.717) is 12.5 Å². The zero-order valence-electron chi connectivity index (χ0n) is 13.6. The van der Waals surface area contributed by atoms with Crippen molar-refractivity contribution in [3.63, 3.8) is 0 Å². The second-order valence-electron chi connectivity index (χ2n) is 5.90. The molecule has 1 aromatic carbocycles. The number of nitrogens with zero attached hydrogens (tertiary/aromatic N) is 2. The summed E-state index contributed by atoms with van der Waals surface area (Å²) in [7, 11) is 0. The SMILES string of the molecule is CCOc1ccc2c(c1)nc(C(N)CC)n2CCC(C)C. The van der Waals surface area contributed by atoms with Gasteiger partial charge >= 0.3 is 0 Å². The molecule has 0 bridgehead atoms. The van der Waals surface area contributed by atoms with Gasteiger partial charge in [0.1, 0.15) is 11.6 Å². The number of fused-ring (bicyclic) bond motifs is 1. The van der Waals surface area contributed by atoms with Gasteiger partial charge < -0.3 is 15.0 Å². The van der Waals surface area contributed by atoms with Crippen LogP contribution in [-0.2, 0) is 6.54 Å². The Bertz CT molecular complexity index is 589. The minimum absolute atomic E-state index is 0.0138. The lowest BCUT2D eigenvalue weighted by molar-refractivity contribution is 0.340. The average molecular weight is 289 g/mol. The molecule has 2 N–H and O–H groups in total. The zero-order chi connectivity index (χ0) is 15.4. The van der Waals surface area contributed by atoms with E-state index < -0.39 is 0 Å². The van der Waals surface area contributed by atoms with Crippen molar-refractivity contribution in [2.24, 2.45) is 11.7 Å². The molecular formula is C17H27N3O. The smallest absolute Gasteiger partial charge is 0.126 e. The maximum Gasteiger partial charge on any atom is 0.126 e. The number of imidazole rings is 1. The van der Waals surface area contributed by atoms with E-state index in [2.05, 4.69) is 31.4 Å². The summed E-state index contributed by atoms with van der Waals surface area (Å²) in [6, 6.07) is 6.11. The zero-order valence-corrected chi connectivity index (χ0v) is 13.6. The van der Waals surface area contributed by atoms with Crippen molar-refractivity contribution < 1.29 is 4.74 Å². The summed E-state index contributed by atoms with van der Waals surface area (Å²) >= 11 is 0. The molecule has 2 aromatic rings. The van der Waals surface area contributed by atoms with E-state index in [1.54, 1.807) is 0 Å². The minimum Gasteiger partial charge on any atom is -0.494 e. The molecule has 116 valence electrons. The normalized spacial score (nSPS) is 13.0. The Labute approximate surface area is 127 Å². The first-order chi connectivity index (χ1) is 10.1. The number of rotatable bonds is 7. The summed E-state index contributed by atoms with van der Waals surface area (Å²) in [6.45, 7) is 10.2. The van der Waals surface area contributed by atoms with Gasteiger partial charge in [-0.25, -0.2) is 4.98 Å². The molecule has 1 unspecified atom stereocenters. The molecule has 1 heterocycles. The van der Waals surface area contributed by atoms with Gasteiger partial charge in [0.05, 0.1) is 23.7 Å². The number of ether oxygens (including phenoxy) is 1. The molecule has 0 aliphatic carbocycles.